The number of hydrogen-bond acceptors (Lipinski definition) is 5. The van der Waals surface area contributed by atoms with Crippen LogP contribution in [0.15, 0.2) is 41.6 Å². The van der Waals surface area contributed by atoms with Gasteiger partial charge in [-0.3, -0.25) is 0 Å². The van der Waals surface area contributed by atoms with E-state index >= 15 is 0 Å². The molecule has 2 aromatic heterocycles. The van der Waals surface area contributed by atoms with Crippen LogP contribution >= 0.6 is 0 Å². The molecule has 3 aromatic rings. The summed E-state index contributed by atoms with van der Waals surface area (Å²) in [5.74, 6) is 0.551. The monoisotopic (exact) mass is 253 g/mol. The molecule has 2 heterocycles. The number of rotatable bonds is 2. The average Bonchev–Trinajstić information content (AvgIpc) is 2.39. The second-order valence-electron chi connectivity index (χ2n) is 4.17. The van der Waals surface area contributed by atoms with Crippen LogP contribution in [0.5, 0.6) is 0 Å². The number of aromatic nitrogens is 4. The number of aryl methyl sites for hydroxylation is 1. The molecule has 0 bridgehead atoms. The molecule has 0 atom stereocenters. The normalized spacial score (nSPS) is 10.6. The van der Waals surface area contributed by atoms with E-state index in [1.165, 1.54) is 12.5 Å². The van der Waals surface area contributed by atoms with Crippen molar-refractivity contribution in [1.82, 2.24) is 19.9 Å². The zero-order chi connectivity index (χ0) is 13.2. The summed E-state index contributed by atoms with van der Waals surface area (Å²) < 4.78 is 0. The molecule has 0 saturated carbocycles. The average molecular weight is 253 g/mol. The van der Waals surface area contributed by atoms with Gasteiger partial charge in [0.15, 0.2) is 5.82 Å². The Morgan fingerprint density at radius 2 is 2.11 bits per heavy atom. The van der Waals surface area contributed by atoms with Crippen LogP contribution < -0.4 is 11.0 Å². The van der Waals surface area contributed by atoms with Gasteiger partial charge in [-0.1, -0.05) is 12.1 Å². The lowest BCUT2D eigenvalue weighted by atomic mass is 10.2. The third kappa shape index (κ3) is 2.28. The SMILES string of the molecule is Cc1cccc(Nc2ncnc3cnc(=O)[nH]c23)c1. The molecule has 0 aliphatic carbocycles. The van der Waals surface area contributed by atoms with E-state index in [9.17, 15) is 4.79 Å². The predicted octanol–water partition coefficient (Wildman–Crippen LogP) is 1.77. The molecule has 0 unspecified atom stereocenters. The molecule has 19 heavy (non-hydrogen) atoms. The van der Waals surface area contributed by atoms with Crippen LogP contribution in [0.25, 0.3) is 11.0 Å². The number of benzene rings is 1. The number of nitrogens with zero attached hydrogens (tertiary/aromatic N) is 3. The Balaban J connectivity index is 2.10. The van der Waals surface area contributed by atoms with E-state index in [2.05, 4.69) is 25.3 Å². The minimum atomic E-state index is -0.422. The maximum absolute atomic E-state index is 11.3. The summed E-state index contributed by atoms with van der Waals surface area (Å²) in [6, 6.07) is 7.88. The van der Waals surface area contributed by atoms with Crippen LogP contribution in [0.2, 0.25) is 0 Å². The Morgan fingerprint density at radius 1 is 1.21 bits per heavy atom. The minimum absolute atomic E-state index is 0.422. The molecule has 3 rings (SSSR count). The lowest BCUT2D eigenvalue weighted by Gasteiger charge is -2.08. The summed E-state index contributed by atoms with van der Waals surface area (Å²) in [4.78, 5) is 25.8. The zero-order valence-corrected chi connectivity index (χ0v) is 10.2. The molecule has 0 saturated heterocycles. The fourth-order valence-corrected chi connectivity index (χ4v) is 1.83. The molecule has 2 N–H and O–H groups in total. The zero-order valence-electron chi connectivity index (χ0n) is 10.2. The van der Waals surface area contributed by atoms with Gasteiger partial charge < -0.3 is 10.3 Å². The number of anilines is 2. The number of H-pyrrole nitrogens is 1. The summed E-state index contributed by atoms with van der Waals surface area (Å²) in [6.07, 6.45) is 2.86. The van der Waals surface area contributed by atoms with Crippen LogP contribution in [0.3, 0.4) is 0 Å². The second-order valence-corrected chi connectivity index (χ2v) is 4.17. The number of nitrogens with one attached hydrogen (secondary N) is 2. The van der Waals surface area contributed by atoms with Crippen LogP contribution in [0.4, 0.5) is 11.5 Å². The first kappa shape index (κ1) is 11.3. The number of aromatic amines is 1. The van der Waals surface area contributed by atoms with Gasteiger partial charge in [0, 0.05) is 5.69 Å². The lowest BCUT2D eigenvalue weighted by Crippen LogP contribution is -2.10. The summed E-state index contributed by atoms with van der Waals surface area (Å²) in [5.41, 5.74) is 2.75. The highest BCUT2D eigenvalue weighted by molar-refractivity contribution is 5.85. The molecule has 1 aromatic carbocycles. The first-order valence-electron chi connectivity index (χ1n) is 5.76. The molecule has 0 spiro atoms. The van der Waals surface area contributed by atoms with Crippen molar-refractivity contribution < 1.29 is 0 Å². The van der Waals surface area contributed by atoms with Crippen molar-refractivity contribution in [3.8, 4) is 0 Å². The third-order valence-electron chi connectivity index (χ3n) is 2.69. The van der Waals surface area contributed by atoms with E-state index in [4.69, 9.17) is 0 Å². The quantitative estimate of drug-likeness (QED) is 0.727. The highest BCUT2D eigenvalue weighted by atomic mass is 16.1. The minimum Gasteiger partial charge on any atom is -0.338 e. The molecule has 6 nitrogen and oxygen atoms in total. The molecular weight excluding hydrogens is 242 g/mol. The second kappa shape index (κ2) is 4.49. The van der Waals surface area contributed by atoms with E-state index in [-0.39, 0.29) is 0 Å². The van der Waals surface area contributed by atoms with Gasteiger partial charge in [-0.15, -0.1) is 0 Å². The van der Waals surface area contributed by atoms with E-state index < -0.39 is 5.69 Å². The summed E-state index contributed by atoms with van der Waals surface area (Å²) in [6.45, 7) is 2.01. The molecule has 0 amide bonds. The molecule has 0 radical (unpaired) electrons. The van der Waals surface area contributed by atoms with Gasteiger partial charge in [0.1, 0.15) is 17.4 Å². The van der Waals surface area contributed by atoms with E-state index in [0.717, 1.165) is 11.3 Å². The Morgan fingerprint density at radius 3 is 2.95 bits per heavy atom. The van der Waals surface area contributed by atoms with Crippen molar-refractivity contribution in [3.63, 3.8) is 0 Å². The van der Waals surface area contributed by atoms with Gasteiger partial charge in [-0.05, 0) is 24.6 Å². The van der Waals surface area contributed by atoms with Gasteiger partial charge in [0.05, 0.1) is 6.20 Å². The van der Waals surface area contributed by atoms with Gasteiger partial charge in [0.25, 0.3) is 0 Å². The Kier molecular flexibility index (Phi) is 2.68. The van der Waals surface area contributed by atoms with Crippen LogP contribution in [-0.4, -0.2) is 19.9 Å². The largest absolute Gasteiger partial charge is 0.345 e. The molecule has 0 fully saturated rings. The van der Waals surface area contributed by atoms with Crippen molar-refractivity contribution in [2.75, 3.05) is 5.32 Å². The molecule has 0 aliphatic rings. The number of fused-ring (bicyclic) bond motifs is 1. The maximum Gasteiger partial charge on any atom is 0.345 e. The molecule has 6 heteroatoms. The van der Waals surface area contributed by atoms with Crippen LogP contribution in [0, 0.1) is 6.92 Å². The van der Waals surface area contributed by atoms with Gasteiger partial charge in [-0.25, -0.2) is 14.8 Å². The molecule has 94 valence electrons. The van der Waals surface area contributed by atoms with Gasteiger partial charge >= 0.3 is 5.69 Å². The fourth-order valence-electron chi connectivity index (χ4n) is 1.83. The summed E-state index contributed by atoms with van der Waals surface area (Å²) >= 11 is 0. The Labute approximate surface area is 108 Å². The van der Waals surface area contributed by atoms with Crippen molar-refractivity contribution in [1.29, 1.82) is 0 Å². The first-order chi connectivity index (χ1) is 9.22. The van der Waals surface area contributed by atoms with Gasteiger partial charge in [-0.2, -0.15) is 4.98 Å². The van der Waals surface area contributed by atoms with E-state index in [1.54, 1.807) is 0 Å². The summed E-state index contributed by atoms with van der Waals surface area (Å²) in [5, 5.41) is 3.17. The Bertz CT molecular complexity index is 796. The Hall–Kier alpha value is -2.76. The van der Waals surface area contributed by atoms with Crippen molar-refractivity contribution in [3.05, 3.63) is 52.8 Å². The third-order valence-corrected chi connectivity index (χ3v) is 2.69. The van der Waals surface area contributed by atoms with Gasteiger partial charge in [0.2, 0.25) is 0 Å². The van der Waals surface area contributed by atoms with Crippen molar-refractivity contribution in [2.24, 2.45) is 0 Å². The lowest BCUT2D eigenvalue weighted by molar-refractivity contribution is 1.09. The first-order valence-corrected chi connectivity index (χ1v) is 5.76. The predicted molar refractivity (Wildman–Crippen MR) is 72.4 cm³/mol. The topological polar surface area (TPSA) is 83.6 Å². The van der Waals surface area contributed by atoms with E-state index in [1.807, 2.05) is 31.2 Å². The molecule has 0 aliphatic heterocycles. The molecular formula is C13H11N5O. The maximum atomic E-state index is 11.3. The highest BCUT2D eigenvalue weighted by Gasteiger charge is 2.05. The van der Waals surface area contributed by atoms with Crippen LogP contribution in [0.1, 0.15) is 5.56 Å². The summed E-state index contributed by atoms with van der Waals surface area (Å²) in [7, 11) is 0. The van der Waals surface area contributed by atoms with Crippen molar-refractivity contribution in [2.45, 2.75) is 6.92 Å². The van der Waals surface area contributed by atoms with Crippen molar-refractivity contribution >= 4 is 22.5 Å². The number of hydrogen-bond donors (Lipinski definition) is 2. The fraction of sp³-hybridized carbons (Fsp3) is 0.0769. The highest BCUT2D eigenvalue weighted by Crippen LogP contribution is 2.20. The van der Waals surface area contributed by atoms with Crippen LogP contribution in [-0.2, 0) is 0 Å². The van der Waals surface area contributed by atoms with E-state index in [0.29, 0.717) is 16.9 Å². The standard InChI is InChI=1S/C13H11N5O/c1-8-3-2-4-9(5-8)17-12-11-10(15-7-16-12)6-14-13(19)18-11/h2-7H,1H3,(H,14,18,19)(H,15,16,17). The smallest absolute Gasteiger partial charge is 0.338 e.